The monoisotopic (exact) mass is 369 g/mol. The van der Waals surface area contributed by atoms with Gasteiger partial charge in [-0.25, -0.2) is 4.99 Å². The van der Waals surface area contributed by atoms with E-state index in [9.17, 15) is 9.59 Å². The van der Waals surface area contributed by atoms with Gasteiger partial charge in [-0.15, -0.1) is 0 Å². The number of hydrogen-bond acceptors (Lipinski definition) is 5. The van der Waals surface area contributed by atoms with Crippen molar-refractivity contribution in [1.82, 2.24) is 4.98 Å². The summed E-state index contributed by atoms with van der Waals surface area (Å²) in [6.07, 6.45) is 1.05. The van der Waals surface area contributed by atoms with E-state index in [-0.39, 0.29) is 28.2 Å². The summed E-state index contributed by atoms with van der Waals surface area (Å²) in [6.45, 7) is 4.01. The third-order valence-corrected chi connectivity index (χ3v) is 4.62. The molecule has 0 saturated carbocycles. The van der Waals surface area contributed by atoms with E-state index in [1.54, 1.807) is 25.3 Å². The van der Waals surface area contributed by atoms with Crippen molar-refractivity contribution in [3.05, 3.63) is 51.4 Å². The lowest BCUT2D eigenvalue weighted by Gasteiger charge is -2.29. The van der Waals surface area contributed by atoms with Gasteiger partial charge in [0, 0.05) is 23.7 Å². The summed E-state index contributed by atoms with van der Waals surface area (Å²) in [5, 5.41) is 0. The van der Waals surface area contributed by atoms with Crippen LogP contribution in [0.15, 0.2) is 34.1 Å². The Morgan fingerprint density at radius 1 is 1.15 bits per heavy atom. The van der Waals surface area contributed by atoms with Gasteiger partial charge >= 0.3 is 0 Å². The maximum absolute atomic E-state index is 12.5. The molecule has 7 heteroatoms. The highest BCUT2D eigenvalue weighted by molar-refractivity contribution is 6.04. The van der Waals surface area contributed by atoms with Crippen LogP contribution in [-0.4, -0.2) is 30.8 Å². The molecule has 3 rings (SSSR count). The van der Waals surface area contributed by atoms with Crippen molar-refractivity contribution >= 4 is 17.3 Å². The maximum atomic E-state index is 12.5. The van der Waals surface area contributed by atoms with Crippen LogP contribution in [0, 0.1) is 5.41 Å². The summed E-state index contributed by atoms with van der Waals surface area (Å²) in [5.74, 6) is 1.07. The molecule has 0 radical (unpaired) electrons. The Morgan fingerprint density at radius 3 is 2.56 bits per heavy atom. The topological polar surface area (TPSA) is 107 Å². The molecule has 0 atom stereocenters. The number of Topliss-reactive ketones (excluding diaryl/α,β-unsaturated/α-hetero) is 1. The van der Waals surface area contributed by atoms with E-state index < -0.39 is 0 Å². The zero-order chi connectivity index (χ0) is 19.8. The highest BCUT2D eigenvalue weighted by Gasteiger charge is 2.32. The quantitative estimate of drug-likeness (QED) is 0.636. The number of aromatic amines is 1. The van der Waals surface area contributed by atoms with Crippen LogP contribution in [0.4, 0.5) is 5.69 Å². The summed E-state index contributed by atoms with van der Waals surface area (Å²) < 4.78 is 10.5. The molecule has 1 heterocycles. The molecule has 0 bridgehead atoms. The first-order valence-electron chi connectivity index (χ1n) is 8.60. The molecule has 27 heavy (non-hydrogen) atoms. The lowest BCUT2D eigenvalue weighted by molar-refractivity contribution is 0.0910. The average Bonchev–Trinajstić information content (AvgIpc) is 2.59. The highest BCUT2D eigenvalue weighted by Crippen LogP contribution is 2.34. The molecular formula is C20H23N3O4. The minimum atomic E-state index is -0.373. The zero-order valence-corrected chi connectivity index (χ0v) is 15.9. The van der Waals surface area contributed by atoms with Crippen molar-refractivity contribution in [2.45, 2.75) is 26.7 Å². The van der Waals surface area contributed by atoms with Crippen molar-refractivity contribution in [2.24, 2.45) is 16.1 Å². The number of nitrogens with zero attached hydrogens (tertiary/aromatic N) is 1. The van der Waals surface area contributed by atoms with E-state index in [1.165, 1.54) is 13.2 Å². The number of aliphatic imine (C=N–C) groups is 1. The van der Waals surface area contributed by atoms with Crippen molar-refractivity contribution in [3.63, 3.8) is 0 Å². The number of pyridine rings is 1. The van der Waals surface area contributed by atoms with Crippen molar-refractivity contribution in [3.8, 4) is 11.5 Å². The Kier molecular flexibility index (Phi) is 4.78. The first-order chi connectivity index (χ1) is 12.7. The summed E-state index contributed by atoms with van der Waals surface area (Å²) in [4.78, 5) is 32.2. The second-order valence-corrected chi connectivity index (χ2v) is 7.38. The van der Waals surface area contributed by atoms with Gasteiger partial charge in [0.2, 0.25) is 0 Å². The van der Waals surface area contributed by atoms with E-state index in [2.05, 4.69) is 9.98 Å². The predicted octanol–water partition coefficient (Wildman–Crippen LogP) is 2.58. The smallest absolute Gasteiger partial charge is 0.259 e. The van der Waals surface area contributed by atoms with Gasteiger partial charge in [-0.1, -0.05) is 13.8 Å². The molecule has 142 valence electrons. The lowest BCUT2D eigenvalue weighted by Crippen LogP contribution is -2.33. The number of methoxy groups -OCH3 is 2. The van der Waals surface area contributed by atoms with Crippen LogP contribution >= 0.6 is 0 Å². The van der Waals surface area contributed by atoms with Gasteiger partial charge in [0.25, 0.3) is 5.56 Å². The summed E-state index contributed by atoms with van der Waals surface area (Å²) in [6, 6.07) is 6.64. The number of benzene rings is 1. The number of carbonyl (C=O) groups excluding carboxylic acids is 1. The van der Waals surface area contributed by atoms with Gasteiger partial charge in [0.05, 0.1) is 19.8 Å². The second kappa shape index (κ2) is 6.90. The Balaban J connectivity index is 2.07. The molecule has 0 spiro atoms. The van der Waals surface area contributed by atoms with E-state index >= 15 is 0 Å². The highest BCUT2D eigenvalue weighted by atomic mass is 16.5. The van der Waals surface area contributed by atoms with E-state index in [0.29, 0.717) is 41.3 Å². The second-order valence-electron chi connectivity index (χ2n) is 7.38. The minimum Gasteiger partial charge on any atom is -0.497 e. The summed E-state index contributed by atoms with van der Waals surface area (Å²) >= 11 is 0. The first kappa shape index (κ1) is 18.7. The normalized spacial score (nSPS) is 16.0. The number of amidine groups is 1. The number of fused-ring (bicyclic) bond motifs is 1. The number of nitrogens with one attached hydrogen (secondary N) is 1. The average molecular weight is 369 g/mol. The van der Waals surface area contributed by atoms with Crippen LogP contribution in [0.5, 0.6) is 11.5 Å². The predicted molar refractivity (Wildman–Crippen MR) is 103 cm³/mol. The molecule has 3 N–H and O–H groups in total. The Labute approximate surface area is 157 Å². The van der Waals surface area contributed by atoms with E-state index in [0.717, 1.165) is 0 Å². The fourth-order valence-electron chi connectivity index (χ4n) is 3.29. The van der Waals surface area contributed by atoms with E-state index in [4.69, 9.17) is 15.2 Å². The number of hydrogen-bond donors (Lipinski definition) is 2. The largest absolute Gasteiger partial charge is 0.497 e. The SMILES string of the molecule is COc1ccc(OC)c(N=C(N)c2cc3c([nH]c2=O)CC(C)(C)CC3=O)c1. The molecule has 1 aliphatic carbocycles. The van der Waals surface area contributed by atoms with Crippen LogP contribution in [0.2, 0.25) is 0 Å². The van der Waals surface area contributed by atoms with Gasteiger partial charge in [-0.05, 0) is 30.0 Å². The fourth-order valence-corrected chi connectivity index (χ4v) is 3.29. The summed E-state index contributed by atoms with van der Waals surface area (Å²) in [7, 11) is 3.06. The number of ether oxygens (including phenoxy) is 2. The standard InChI is InChI=1S/C20H23N3O4/c1-20(2)9-15-12(16(24)10-20)8-13(19(25)23-15)18(21)22-14-7-11(26-3)5-6-17(14)27-4/h5-8H,9-10H2,1-4H3,(H2,21,22)(H,23,25). The lowest BCUT2D eigenvalue weighted by atomic mass is 9.75. The Hall–Kier alpha value is -3.09. The first-order valence-corrected chi connectivity index (χ1v) is 8.60. The number of ketones is 1. The minimum absolute atomic E-state index is 0.00300. The Morgan fingerprint density at radius 2 is 1.89 bits per heavy atom. The van der Waals surface area contributed by atoms with Gasteiger partial charge in [0.1, 0.15) is 23.0 Å². The van der Waals surface area contributed by atoms with Crippen molar-refractivity contribution in [2.75, 3.05) is 14.2 Å². The molecule has 0 fully saturated rings. The fraction of sp³-hybridized carbons (Fsp3) is 0.350. The molecule has 0 aliphatic heterocycles. The van der Waals surface area contributed by atoms with Gasteiger partial charge in [-0.3, -0.25) is 9.59 Å². The summed E-state index contributed by atoms with van der Waals surface area (Å²) in [5.41, 5.74) is 7.28. The molecule has 1 aromatic heterocycles. The Bertz CT molecular complexity index is 989. The molecule has 1 aliphatic rings. The molecule has 7 nitrogen and oxygen atoms in total. The van der Waals surface area contributed by atoms with Crippen molar-refractivity contribution in [1.29, 1.82) is 0 Å². The number of aromatic nitrogens is 1. The van der Waals surface area contributed by atoms with Gasteiger partial charge < -0.3 is 20.2 Å². The molecule has 0 saturated heterocycles. The molecule has 0 amide bonds. The van der Waals surface area contributed by atoms with Crippen LogP contribution in [0.25, 0.3) is 0 Å². The van der Waals surface area contributed by atoms with Gasteiger partial charge in [-0.2, -0.15) is 0 Å². The third kappa shape index (κ3) is 3.72. The maximum Gasteiger partial charge on any atom is 0.259 e. The van der Waals surface area contributed by atoms with Gasteiger partial charge in [0.15, 0.2) is 5.78 Å². The van der Waals surface area contributed by atoms with Crippen LogP contribution < -0.4 is 20.8 Å². The molecule has 2 aromatic rings. The van der Waals surface area contributed by atoms with Crippen LogP contribution in [0.1, 0.15) is 41.9 Å². The zero-order valence-electron chi connectivity index (χ0n) is 15.9. The number of nitrogens with two attached hydrogens (primary N) is 1. The number of carbonyl (C=O) groups is 1. The van der Waals surface area contributed by atoms with Crippen LogP contribution in [-0.2, 0) is 6.42 Å². The molecule has 1 aromatic carbocycles. The molecule has 0 unspecified atom stereocenters. The number of rotatable bonds is 4. The molecular weight excluding hydrogens is 346 g/mol. The third-order valence-electron chi connectivity index (χ3n) is 4.62. The number of H-pyrrole nitrogens is 1. The van der Waals surface area contributed by atoms with Crippen molar-refractivity contribution < 1.29 is 14.3 Å². The van der Waals surface area contributed by atoms with Crippen LogP contribution in [0.3, 0.4) is 0 Å². The van der Waals surface area contributed by atoms with E-state index in [1.807, 2.05) is 13.8 Å².